The summed E-state index contributed by atoms with van der Waals surface area (Å²) >= 11 is 1.24. The van der Waals surface area contributed by atoms with Crippen molar-refractivity contribution in [3.63, 3.8) is 0 Å². The highest BCUT2D eigenvalue weighted by atomic mass is 32.2. The number of pyridine rings is 1. The lowest BCUT2D eigenvalue weighted by Gasteiger charge is -2.24. The molecule has 1 aromatic rings. The topological polar surface area (TPSA) is 94.3 Å². The number of carboxylic acid groups (broad SMARTS) is 1. The summed E-state index contributed by atoms with van der Waals surface area (Å²) in [5.41, 5.74) is 2.70. The molecule has 0 saturated carbocycles. The van der Waals surface area contributed by atoms with Gasteiger partial charge in [0.2, 0.25) is 5.91 Å². The van der Waals surface area contributed by atoms with Crippen LogP contribution in [0.2, 0.25) is 0 Å². The summed E-state index contributed by atoms with van der Waals surface area (Å²) in [5, 5.41) is 19.3. The van der Waals surface area contributed by atoms with Crippen LogP contribution in [0, 0.1) is 17.2 Å². The molecule has 26 heavy (non-hydrogen) atoms. The van der Waals surface area contributed by atoms with E-state index < -0.39 is 12.0 Å². The van der Waals surface area contributed by atoms with Crippen molar-refractivity contribution in [2.75, 3.05) is 12.3 Å². The molecule has 0 spiro atoms. The van der Waals surface area contributed by atoms with Crippen LogP contribution in [0.25, 0.3) is 0 Å². The number of nitriles is 1. The summed E-state index contributed by atoms with van der Waals surface area (Å²) in [4.78, 5) is 29.8. The van der Waals surface area contributed by atoms with Gasteiger partial charge in [-0.2, -0.15) is 5.26 Å². The number of carbonyl (C=O) groups excluding carboxylic acids is 1. The molecule has 1 amide bonds. The molecule has 0 aromatic carbocycles. The number of rotatable bonds is 5. The first-order valence-electron chi connectivity index (χ1n) is 9.11. The van der Waals surface area contributed by atoms with Gasteiger partial charge >= 0.3 is 5.97 Å². The van der Waals surface area contributed by atoms with E-state index in [1.165, 1.54) is 16.7 Å². The van der Waals surface area contributed by atoms with Gasteiger partial charge in [-0.25, -0.2) is 9.78 Å². The molecule has 2 atom stereocenters. The number of fused-ring (bicyclic) bond motifs is 1. The second kappa shape index (κ2) is 8.09. The van der Waals surface area contributed by atoms with Crippen molar-refractivity contribution in [1.82, 2.24) is 9.88 Å². The number of carboxylic acids is 1. The third-order valence-electron chi connectivity index (χ3n) is 5.34. The zero-order valence-corrected chi connectivity index (χ0v) is 15.7. The van der Waals surface area contributed by atoms with Crippen molar-refractivity contribution < 1.29 is 14.7 Å². The molecule has 1 aliphatic carbocycles. The molecule has 0 bridgehead atoms. The second-order valence-corrected chi connectivity index (χ2v) is 7.91. The number of thioether (sulfide) groups is 1. The Hall–Kier alpha value is -2.07. The van der Waals surface area contributed by atoms with E-state index in [1.807, 2.05) is 6.07 Å². The maximum atomic E-state index is 12.4. The summed E-state index contributed by atoms with van der Waals surface area (Å²) < 4.78 is 0. The number of hydrogen-bond donors (Lipinski definition) is 1. The predicted octanol–water partition coefficient (Wildman–Crippen LogP) is 2.64. The Morgan fingerprint density at radius 1 is 1.46 bits per heavy atom. The molecule has 1 saturated heterocycles. The quantitative estimate of drug-likeness (QED) is 0.798. The Morgan fingerprint density at radius 2 is 2.27 bits per heavy atom. The lowest BCUT2D eigenvalue weighted by atomic mass is 9.85. The SMILES string of the molecule is CCC1CCc2nc(SCC(=O)N3CCC[C@H]3C(=O)O)c(C#N)cc2C1. The second-order valence-electron chi connectivity index (χ2n) is 6.95. The lowest BCUT2D eigenvalue weighted by molar-refractivity contribution is -0.147. The van der Waals surface area contributed by atoms with Crippen LogP contribution in [0.15, 0.2) is 11.1 Å². The van der Waals surface area contributed by atoms with E-state index in [4.69, 9.17) is 0 Å². The van der Waals surface area contributed by atoms with E-state index in [0.29, 0.717) is 35.9 Å². The molecule has 1 aromatic heterocycles. The van der Waals surface area contributed by atoms with Gasteiger partial charge in [-0.3, -0.25) is 4.79 Å². The third kappa shape index (κ3) is 3.85. The van der Waals surface area contributed by atoms with Crippen molar-refractivity contribution in [2.24, 2.45) is 5.92 Å². The zero-order valence-electron chi connectivity index (χ0n) is 14.9. The van der Waals surface area contributed by atoms with Crippen LogP contribution in [0.4, 0.5) is 0 Å². The van der Waals surface area contributed by atoms with Gasteiger partial charge in [-0.05, 0) is 49.7 Å². The Kier molecular flexibility index (Phi) is 5.82. The fourth-order valence-corrected chi connectivity index (χ4v) is 4.66. The summed E-state index contributed by atoms with van der Waals surface area (Å²) in [6.45, 7) is 2.67. The van der Waals surface area contributed by atoms with Gasteiger partial charge in [0, 0.05) is 12.2 Å². The van der Waals surface area contributed by atoms with Gasteiger partial charge in [0.05, 0.1) is 11.3 Å². The van der Waals surface area contributed by atoms with E-state index in [-0.39, 0.29) is 11.7 Å². The van der Waals surface area contributed by atoms with Crippen LogP contribution in [0.5, 0.6) is 0 Å². The fourth-order valence-electron chi connectivity index (χ4n) is 3.79. The largest absolute Gasteiger partial charge is 0.480 e. The van der Waals surface area contributed by atoms with E-state index in [0.717, 1.165) is 36.9 Å². The molecular formula is C19H23N3O3S. The van der Waals surface area contributed by atoms with Crippen LogP contribution >= 0.6 is 11.8 Å². The van der Waals surface area contributed by atoms with Gasteiger partial charge in [0.15, 0.2) is 0 Å². The van der Waals surface area contributed by atoms with Crippen LogP contribution < -0.4 is 0 Å². The number of amides is 1. The minimum absolute atomic E-state index is 0.113. The first-order valence-corrected chi connectivity index (χ1v) is 10.1. The molecule has 7 heteroatoms. The Bertz CT molecular complexity index is 759. The predicted molar refractivity (Wildman–Crippen MR) is 97.9 cm³/mol. The first-order chi connectivity index (χ1) is 12.5. The summed E-state index contributed by atoms with van der Waals surface area (Å²) in [6.07, 6.45) is 5.34. The molecular weight excluding hydrogens is 350 g/mol. The number of hydrogen-bond acceptors (Lipinski definition) is 5. The van der Waals surface area contributed by atoms with Crippen LogP contribution in [-0.4, -0.2) is 45.2 Å². The third-order valence-corrected chi connectivity index (χ3v) is 6.32. The fraction of sp³-hybridized carbons (Fsp3) is 0.579. The minimum atomic E-state index is -0.948. The summed E-state index contributed by atoms with van der Waals surface area (Å²) in [5.74, 6) is -0.383. The van der Waals surface area contributed by atoms with Crippen molar-refractivity contribution in [1.29, 1.82) is 5.26 Å². The van der Waals surface area contributed by atoms with Crippen molar-refractivity contribution in [3.8, 4) is 6.07 Å². The Morgan fingerprint density at radius 3 is 2.96 bits per heavy atom. The Labute approximate surface area is 157 Å². The van der Waals surface area contributed by atoms with E-state index in [2.05, 4.69) is 18.0 Å². The van der Waals surface area contributed by atoms with Gasteiger partial charge in [0.25, 0.3) is 0 Å². The standard InChI is InChI=1S/C19H23N3O3S/c1-2-12-5-6-15-13(8-12)9-14(10-20)18(21-15)26-11-17(23)22-7-3-4-16(22)19(24)25/h9,12,16H,2-8,11H2,1H3,(H,24,25)/t12?,16-/m0/s1. The lowest BCUT2D eigenvalue weighted by Crippen LogP contribution is -2.41. The smallest absolute Gasteiger partial charge is 0.326 e. The molecule has 2 heterocycles. The first kappa shape index (κ1) is 18.7. The highest BCUT2D eigenvalue weighted by Crippen LogP contribution is 2.31. The number of carbonyl (C=O) groups is 2. The molecule has 1 aliphatic heterocycles. The molecule has 138 valence electrons. The molecule has 1 fully saturated rings. The summed E-state index contributed by atoms with van der Waals surface area (Å²) in [7, 11) is 0. The molecule has 2 aliphatic rings. The van der Waals surface area contributed by atoms with Crippen molar-refractivity contribution in [2.45, 2.75) is 56.5 Å². The van der Waals surface area contributed by atoms with E-state index in [9.17, 15) is 20.0 Å². The monoisotopic (exact) mass is 373 g/mol. The molecule has 6 nitrogen and oxygen atoms in total. The zero-order chi connectivity index (χ0) is 18.7. The van der Waals surface area contributed by atoms with E-state index in [1.54, 1.807) is 0 Å². The number of likely N-dealkylation sites (tertiary alicyclic amines) is 1. The molecule has 0 radical (unpaired) electrons. The maximum absolute atomic E-state index is 12.4. The normalized spacial score (nSPS) is 21.9. The van der Waals surface area contributed by atoms with Crippen molar-refractivity contribution in [3.05, 3.63) is 22.9 Å². The molecule has 1 unspecified atom stereocenters. The number of aromatic nitrogens is 1. The highest BCUT2D eigenvalue weighted by Gasteiger charge is 2.33. The highest BCUT2D eigenvalue weighted by molar-refractivity contribution is 8.00. The maximum Gasteiger partial charge on any atom is 0.326 e. The van der Waals surface area contributed by atoms with Crippen LogP contribution in [-0.2, 0) is 22.4 Å². The van der Waals surface area contributed by atoms with Gasteiger partial charge in [-0.15, -0.1) is 0 Å². The summed E-state index contributed by atoms with van der Waals surface area (Å²) in [6, 6.07) is 3.40. The van der Waals surface area contributed by atoms with Gasteiger partial charge in [-0.1, -0.05) is 25.1 Å². The Balaban J connectivity index is 1.71. The van der Waals surface area contributed by atoms with Crippen molar-refractivity contribution >= 4 is 23.6 Å². The minimum Gasteiger partial charge on any atom is -0.480 e. The average molecular weight is 373 g/mol. The van der Waals surface area contributed by atoms with E-state index >= 15 is 0 Å². The molecule has 1 N–H and O–H groups in total. The number of aryl methyl sites for hydroxylation is 1. The van der Waals surface area contributed by atoms with Gasteiger partial charge in [0.1, 0.15) is 17.1 Å². The number of aliphatic carboxylic acids is 1. The average Bonchev–Trinajstić information content (AvgIpc) is 3.15. The number of nitrogens with zero attached hydrogens (tertiary/aromatic N) is 3. The van der Waals surface area contributed by atoms with Crippen LogP contribution in [0.1, 0.15) is 49.4 Å². The van der Waals surface area contributed by atoms with Crippen LogP contribution in [0.3, 0.4) is 0 Å². The van der Waals surface area contributed by atoms with Gasteiger partial charge < -0.3 is 10.0 Å². The molecule has 3 rings (SSSR count).